The number of aromatic nitrogens is 5. The van der Waals surface area contributed by atoms with Crippen LogP contribution in [0.25, 0.3) is 66.6 Å². The molecule has 198 valence electrons. The molecule has 7 aromatic rings. The van der Waals surface area contributed by atoms with Gasteiger partial charge in [-0.15, -0.1) is 11.8 Å². The van der Waals surface area contributed by atoms with Gasteiger partial charge >= 0.3 is 0 Å². The van der Waals surface area contributed by atoms with Gasteiger partial charge in [-0.1, -0.05) is 97.1 Å². The molecule has 2 unspecified atom stereocenters. The third kappa shape index (κ3) is 3.67. The first-order valence-corrected chi connectivity index (χ1v) is 15.5. The Morgan fingerprint density at radius 1 is 0.595 bits per heavy atom. The normalized spacial score (nSPS) is 17.2. The van der Waals surface area contributed by atoms with Gasteiger partial charge in [0.15, 0.2) is 5.82 Å². The quantitative estimate of drug-likeness (QED) is 0.196. The molecule has 42 heavy (non-hydrogen) atoms. The number of nitrogens with zero attached hydrogens (tertiary/aromatic N) is 5. The Morgan fingerprint density at radius 2 is 1.36 bits per heavy atom. The second-order valence-corrected chi connectivity index (χ2v) is 12.2. The predicted octanol–water partition coefficient (Wildman–Crippen LogP) is 8.87. The average molecular weight is 576 g/mol. The fourth-order valence-electron chi connectivity index (χ4n) is 6.11. The van der Waals surface area contributed by atoms with Crippen LogP contribution in [-0.2, 0) is 0 Å². The zero-order valence-corrected chi connectivity index (χ0v) is 23.8. The Hall–Kier alpha value is -4.72. The van der Waals surface area contributed by atoms with E-state index >= 15 is 0 Å². The van der Waals surface area contributed by atoms with Gasteiger partial charge in [0.05, 0.1) is 39.2 Å². The molecule has 4 aromatic carbocycles. The standard InChI is InChI=1S/C35H21N5S2/c1-3-9-20(10-4-1)30-25-17-18-26-33(40-42-39-26)29(25)23-16-15-22(19-27(23)36-30)35-37-31(21-11-5-2-6-12-21)34-32(38-35)24-13-7-8-14-28(24)41-34/h1-19,24,28H. The van der Waals surface area contributed by atoms with E-state index in [1.54, 1.807) is 0 Å². The van der Waals surface area contributed by atoms with Crippen molar-refractivity contribution in [1.82, 2.24) is 23.7 Å². The number of pyridine rings is 1. The highest BCUT2D eigenvalue weighted by atomic mass is 32.2. The Labute approximate surface area is 250 Å². The first kappa shape index (κ1) is 23.9. The minimum atomic E-state index is 0.233. The predicted molar refractivity (Wildman–Crippen MR) is 173 cm³/mol. The van der Waals surface area contributed by atoms with Crippen LogP contribution in [0.5, 0.6) is 0 Å². The van der Waals surface area contributed by atoms with E-state index in [2.05, 4.69) is 101 Å². The van der Waals surface area contributed by atoms with Crippen LogP contribution in [0.4, 0.5) is 0 Å². The molecule has 1 aliphatic carbocycles. The van der Waals surface area contributed by atoms with Gasteiger partial charge in [0.2, 0.25) is 0 Å². The van der Waals surface area contributed by atoms with E-state index < -0.39 is 0 Å². The zero-order valence-electron chi connectivity index (χ0n) is 22.2. The van der Waals surface area contributed by atoms with E-state index in [0.29, 0.717) is 5.25 Å². The zero-order chi connectivity index (χ0) is 27.6. The topological polar surface area (TPSA) is 64.5 Å². The molecule has 0 fully saturated rings. The second kappa shape index (κ2) is 9.41. The number of benzene rings is 4. The maximum atomic E-state index is 5.24. The van der Waals surface area contributed by atoms with Gasteiger partial charge in [-0.2, -0.15) is 8.75 Å². The van der Waals surface area contributed by atoms with E-state index in [0.717, 1.165) is 72.3 Å². The summed E-state index contributed by atoms with van der Waals surface area (Å²) in [6.07, 6.45) is 8.80. The minimum absolute atomic E-state index is 0.233. The summed E-state index contributed by atoms with van der Waals surface area (Å²) < 4.78 is 9.22. The summed E-state index contributed by atoms with van der Waals surface area (Å²) in [5.41, 5.74) is 8.84. The lowest BCUT2D eigenvalue weighted by Gasteiger charge is -2.15. The lowest BCUT2D eigenvalue weighted by atomic mass is 9.95. The maximum absolute atomic E-state index is 5.24. The molecule has 0 saturated heterocycles. The molecule has 3 aromatic heterocycles. The smallest absolute Gasteiger partial charge is 0.160 e. The molecule has 0 bridgehead atoms. The van der Waals surface area contributed by atoms with Crippen LogP contribution >= 0.6 is 23.5 Å². The van der Waals surface area contributed by atoms with Gasteiger partial charge < -0.3 is 0 Å². The Balaban J connectivity index is 1.30. The third-order valence-corrected chi connectivity index (χ3v) is 9.98. The van der Waals surface area contributed by atoms with Crippen LogP contribution in [0.3, 0.4) is 0 Å². The van der Waals surface area contributed by atoms with Crippen LogP contribution in [0.2, 0.25) is 0 Å². The van der Waals surface area contributed by atoms with Gasteiger partial charge in [0, 0.05) is 44.0 Å². The molecule has 2 atom stereocenters. The van der Waals surface area contributed by atoms with E-state index in [1.165, 1.54) is 16.6 Å². The molecule has 0 spiro atoms. The number of hydrogen-bond acceptors (Lipinski definition) is 7. The van der Waals surface area contributed by atoms with Crippen molar-refractivity contribution in [1.29, 1.82) is 0 Å². The number of rotatable bonds is 3. The number of fused-ring (bicyclic) bond motifs is 8. The maximum Gasteiger partial charge on any atom is 0.160 e. The molecular formula is C35H21N5S2. The van der Waals surface area contributed by atoms with Gasteiger partial charge in [-0.3, -0.25) is 0 Å². The molecule has 5 nitrogen and oxygen atoms in total. The van der Waals surface area contributed by atoms with Crippen molar-refractivity contribution in [2.45, 2.75) is 16.1 Å². The third-order valence-electron chi connectivity index (χ3n) is 8.08. The first-order valence-electron chi connectivity index (χ1n) is 13.9. The van der Waals surface area contributed by atoms with Crippen LogP contribution in [0.15, 0.2) is 120 Å². The first-order chi connectivity index (χ1) is 20.8. The van der Waals surface area contributed by atoms with Crippen molar-refractivity contribution in [2.75, 3.05) is 0 Å². The van der Waals surface area contributed by atoms with Gasteiger partial charge in [-0.25, -0.2) is 15.0 Å². The summed E-state index contributed by atoms with van der Waals surface area (Å²) in [6, 6.07) is 31.4. The Kier molecular flexibility index (Phi) is 5.36. The highest BCUT2D eigenvalue weighted by molar-refractivity contribution is 8.00. The number of thioether (sulfide) groups is 1. The van der Waals surface area contributed by atoms with Gasteiger partial charge in [0.25, 0.3) is 0 Å². The fraction of sp³-hybridized carbons (Fsp3) is 0.0571. The summed E-state index contributed by atoms with van der Waals surface area (Å²) in [5.74, 6) is 0.951. The van der Waals surface area contributed by atoms with E-state index in [9.17, 15) is 0 Å². The van der Waals surface area contributed by atoms with E-state index in [-0.39, 0.29) is 5.92 Å². The van der Waals surface area contributed by atoms with Crippen molar-refractivity contribution >= 4 is 56.2 Å². The minimum Gasteiger partial charge on any atom is -0.247 e. The second-order valence-electron chi connectivity index (χ2n) is 10.5. The summed E-state index contributed by atoms with van der Waals surface area (Å²) in [7, 11) is 0. The lowest BCUT2D eigenvalue weighted by molar-refractivity contribution is 0.829. The van der Waals surface area contributed by atoms with Crippen LogP contribution < -0.4 is 0 Å². The molecule has 0 N–H and O–H groups in total. The number of allylic oxidation sites excluding steroid dienone is 3. The van der Waals surface area contributed by atoms with Crippen LogP contribution in [-0.4, -0.2) is 28.9 Å². The van der Waals surface area contributed by atoms with Crippen molar-refractivity contribution < 1.29 is 0 Å². The fourth-order valence-corrected chi connectivity index (χ4v) is 8.03. The van der Waals surface area contributed by atoms with E-state index in [1.807, 2.05) is 30.0 Å². The molecule has 1 aliphatic heterocycles. The molecular weight excluding hydrogens is 555 g/mol. The van der Waals surface area contributed by atoms with E-state index in [4.69, 9.17) is 19.3 Å². The SMILES string of the molecule is C1=CC2Sc3c(-c4ccccc4)nc(-c4ccc5c(c4)nc(-c4ccccc4)c4ccc6nsnc6c45)nc3C2C=C1. The van der Waals surface area contributed by atoms with Crippen molar-refractivity contribution in [3.8, 4) is 33.9 Å². The summed E-state index contributed by atoms with van der Waals surface area (Å²) in [6.45, 7) is 0. The Morgan fingerprint density at radius 3 is 2.19 bits per heavy atom. The highest BCUT2D eigenvalue weighted by Gasteiger charge is 2.36. The molecule has 0 saturated carbocycles. The molecule has 0 amide bonds. The van der Waals surface area contributed by atoms with Crippen LogP contribution in [0.1, 0.15) is 11.6 Å². The largest absolute Gasteiger partial charge is 0.247 e. The summed E-state index contributed by atoms with van der Waals surface area (Å²) in [4.78, 5) is 16.8. The van der Waals surface area contributed by atoms with Crippen molar-refractivity contribution in [3.05, 3.63) is 121 Å². The molecule has 9 rings (SSSR count). The lowest BCUT2D eigenvalue weighted by Crippen LogP contribution is -2.09. The monoisotopic (exact) mass is 575 g/mol. The molecule has 0 radical (unpaired) electrons. The summed E-state index contributed by atoms with van der Waals surface area (Å²) >= 11 is 3.11. The highest BCUT2D eigenvalue weighted by Crippen LogP contribution is 2.51. The summed E-state index contributed by atoms with van der Waals surface area (Å²) in [5, 5.41) is 3.54. The molecule has 2 aliphatic rings. The van der Waals surface area contributed by atoms with Gasteiger partial charge in [-0.05, 0) is 18.2 Å². The molecule has 7 heteroatoms. The average Bonchev–Trinajstić information content (AvgIpc) is 3.69. The van der Waals surface area contributed by atoms with Crippen LogP contribution in [0, 0.1) is 0 Å². The van der Waals surface area contributed by atoms with Gasteiger partial charge in [0.1, 0.15) is 11.0 Å². The molecule has 4 heterocycles. The van der Waals surface area contributed by atoms with Crippen molar-refractivity contribution in [2.24, 2.45) is 0 Å². The number of hydrogen-bond donors (Lipinski definition) is 0. The Bertz CT molecular complexity index is 2240. The van der Waals surface area contributed by atoms with Crippen molar-refractivity contribution in [3.63, 3.8) is 0 Å².